The molecule has 2 heterocycles. The first kappa shape index (κ1) is 23.5. The van der Waals surface area contributed by atoms with Gasteiger partial charge in [-0.2, -0.15) is 11.3 Å². The van der Waals surface area contributed by atoms with E-state index in [1.165, 1.54) is 0 Å². The number of carbonyl (C=O) groups is 1. The first-order chi connectivity index (χ1) is 13.6. The van der Waals surface area contributed by atoms with Gasteiger partial charge in [-0.1, -0.05) is 0 Å². The summed E-state index contributed by atoms with van der Waals surface area (Å²) < 4.78 is 5.46. The van der Waals surface area contributed by atoms with Crippen LogP contribution in [0.2, 0.25) is 0 Å². The number of nitrogens with one attached hydrogen (secondary N) is 2. The fraction of sp³-hybridized carbons (Fsp3) is 0.714. The van der Waals surface area contributed by atoms with E-state index in [0.717, 1.165) is 31.5 Å². The highest BCUT2D eigenvalue weighted by Crippen LogP contribution is 2.23. The van der Waals surface area contributed by atoms with Gasteiger partial charge < -0.3 is 25.4 Å². The van der Waals surface area contributed by atoms with Crippen LogP contribution in [-0.4, -0.2) is 60.4 Å². The van der Waals surface area contributed by atoms with Gasteiger partial charge in [-0.25, -0.2) is 9.79 Å². The zero-order chi connectivity index (χ0) is 21.5. The molecule has 0 radical (unpaired) electrons. The van der Waals surface area contributed by atoms with Crippen LogP contribution in [0.4, 0.5) is 4.79 Å². The van der Waals surface area contributed by atoms with Crippen LogP contribution in [0.25, 0.3) is 0 Å². The Morgan fingerprint density at radius 3 is 2.55 bits per heavy atom. The van der Waals surface area contributed by atoms with Crippen molar-refractivity contribution in [1.29, 1.82) is 0 Å². The molecule has 0 spiro atoms. The van der Waals surface area contributed by atoms with Crippen molar-refractivity contribution in [2.75, 3.05) is 32.7 Å². The van der Waals surface area contributed by atoms with Crippen LogP contribution >= 0.6 is 11.3 Å². The number of rotatable bonds is 6. The maximum atomic E-state index is 12.2. The Morgan fingerprint density at radius 2 is 2.00 bits per heavy atom. The van der Waals surface area contributed by atoms with Gasteiger partial charge >= 0.3 is 6.09 Å². The molecule has 0 saturated carbocycles. The van der Waals surface area contributed by atoms with Gasteiger partial charge in [0.2, 0.25) is 0 Å². The third-order valence-electron chi connectivity index (χ3n) is 4.86. The van der Waals surface area contributed by atoms with Crippen molar-refractivity contribution in [1.82, 2.24) is 15.5 Å². The summed E-state index contributed by atoms with van der Waals surface area (Å²) >= 11 is 1.57. The smallest absolute Gasteiger partial charge is 0.410 e. The summed E-state index contributed by atoms with van der Waals surface area (Å²) in [7, 11) is 0. The van der Waals surface area contributed by atoms with Gasteiger partial charge in [-0.3, -0.25) is 0 Å². The lowest BCUT2D eigenvalue weighted by Gasteiger charge is -2.33. The van der Waals surface area contributed by atoms with Crippen LogP contribution in [0.3, 0.4) is 0 Å². The second kappa shape index (κ2) is 10.3. The summed E-state index contributed by atoms with van der Waals surface area (Å²) in [4.78, 5) is 18.5. The highest BCUT2D eigenvalue weighted by molar-refractivity contribution is 7.08. The molecular weight excluding hydrogens is 388 g/mol. The monoisotopic (exact) mass is 424 g/mol. The van der Waals surface area contributed by atoms with Crippen LogP contribution in [-0.2, 0) is 10.3 Å². The summed E-state index contributed by atoms with van der Waals surface area (Å²) in [6, 6.07) is 1.93. The molecule has 1 aliphatic heterocycles. The summed E-state index contributed by atoms with van der Waals surface area (Å²) in [5.41, 5.74) is -0.561. The predicted molar refractivity (Wildman–Crippen MR) is 118 cm³/mol. The number of carbonyl (C=O) groups excluding carboxylic acids is 1. The number of hydrogen-bond acceptors (Lipinski definition) is 5. The Labute approximate surface area is 178 Å². The molecule has 1 saturated heterocycles. The quantitative estimate of drug-likeness (QED) is 0.482. The van der Waals surface area contributed by atoms with Crippen LogP contribution in [0.5, 0.6) is 0 Å². The van der Waals surface area contributed by atoms with Crippen molar-refractivity contribution in [2.24, 2.45) is 10.9 Å². The maximum Gasteiger partial charge on any atom is 0.410 e. The summed E-state index contributed by atoms with van der Waals surface area (Å²) in [6.45, 7) is 12.7. The SMILES string of the molecule is CCNC(=NCC(C)(O)c1ccsc1)NCC1CCN(C(=O)OC(C)(C)C)CC1. The number of hydrogen-bond donors (Lipinski definition) is 3. The average molecular weight is 425 g/mol. The molecule has 7 nitrogen and oxygen atoms in total. The van der Waals surface area contributed by atoms with Crippen LogP contribution in [0.1, 0.15) is 53.0 Å². The average Bonchev–Trinajstić information content (AvgIpc) is 3.19. The Morgan fingerprint density at radius 1 is 1.31 bits per heavy atom. The molecule has 1 fully saturated rings. The lowest BCUT2D eigenvalue weighted by molar-refractivity contribution is 0.0185. The van der Waals surface area contributed by atoms with E-state index in [4.69, 9.17) is 4.74 Å². The van der Waals surface area contributed by atoms with E-state index in [0.29, 0.717) is 25.0 Å². The molecule has 0 aromatic carbocycles. The molecule has 1 unspecified atom stereocenters. The molecule has 164 valence electrons. The Balaban J connectivity index is 1.81. The van der Waals surface area contributed by atoms with E-state index in [-0.39, 0.29) is 12.6 Å². The van der Waals surface area contributed by atoms with Crippen LogP contribution < -0.4 is 10.6 Å². The van der Waals surface area contributed by atoms with Gasteiger partial charge in [0.05, 0.1) is 6.54 Å². The molecule has 1 aromatic heterocycles. The highest BCUT2D eigenvalue weighted by Gasteiger charge is 2.27. The molecule has 0 aliphatic carbocycles. The molecule has 1 aromatic rings. The van der Waals surface area contributed by atoms with E-state index < -0.39 is 11.2 Å². The second-order valence-corrected chi connectivity index (χ2v) is 9.55. The first-order valence-corrected chi connectivity index (χ1v) is 11.3. The van der Waals surface area contributed by atoms with Gasteiger partial charge in [0, 0.05) is 26.2 Å². The minimum Gasteiger partial charge on any atom is -0.444 e. The van der Waals surface area contributed by atoms with E-state index in [2.05, 4.69) is 15.6 Å². The van der Waals surface area contributed by atoms with Crippen LogP contribution in [0, 0.1) is 5.92 Å². The standard InChI is InChI=1S/C21H36N4O3S/c1-6-22-18(24-15-21(5,27)17-9-12-29-14-17)23-13-16-7-10-25(11-8-16)19(26)28-20(2,3)4/h9,12,14,16,27H,6-8,10-11,13,15H2,1-5H3,(H2,22,23,24). The largest absolute Gasteiger partial charge is 0.444 e. The maximum absolute atomic E-state index is 12.2. The molecule has 2 rings (SSSR count). The van der Waals surface area contributed by atoms with Gasteiger partial charge in [0.1, 0.15) is 11.2 Å². The van der Waals surface area contributed by atoms with Crippen molar-refractivity contribution in [2.45, 2.75) is 58.7 Å². The first-order valence-electron chi connectivity index (χ1n) is 10.4. The number of guanidine groups is 1. The Hall–Kier alpha value is -1.80. The number of likely N-dealkylation sites (tertiary alicyclic amines) is 1. The van der Waals surface area contributed by atoms with Crippen molar-refractivity contribution >= 4 is 23.4 Å². The third-order valence-corrected chi connectivity index (χ3v) is 5.54. The molecule has 1 aliphatic rings. The number of thiophene rings is 1. The lowest BCUT2D eigenvalue weighted by Crippen LogP contribution is -2.45. The Kier molecular flexibility index (Phi) is 8.34. The molecule has 3 N–H and O–H groups in total. The topological polar surface area (TPSA) is 86.2 Å². The lowest BCUT2D eigenvalue weighted by atomic mass is 9.97. The molecule has 29 heavy (non-hydrogen) atoms. The van der Waals surface area contributed by atoms with E-state index in [1.807, 2.05) is 44.5 Å². The zero-order valence-electron chi connectivity index (χ0n) is 18.3. The van der Waals surface area contributed by atoms with Gasteiger partial charge in [0.25, 0.3) is 0 Å². The molecule has 1 amide bonds. The number of piperidine rings is 1. The number of ether oxygens (including phenoxy) is 1. The van der Waals surface area contributed by atoms with Crippen molar-refractivity contribution in [3.63, 3.8) is 0 Å². The number of aliphatic imine (C=N–C) groups is 1. The summed E-state index contributed by atoms with van der Waals surface area (Å²) in [5.74, 6) is 1.17. The summed E-state index contributed by atoms with van der Waals surface area (Å²) in [5, 5.41) is 21.2. The van der Waals surface area contributed by atoms with Crippen molar-refractivity contribution < 1.29 is 14.6 Å². The molecule has 0 bridgehead atoms. The number of amides is 1. The normalized spacial score (nSPS) is 18.3. The van der Waals surface area contributed by atoms with E-state index in [9.17, 15) is 9.90 Å². The Bertz CT molecular complexity index is 660. The zero-order valence-corrected chi connectivity index (χ0v) is 19.1. The third kappa shape index (κ3) is 7.85. The fourth-order valence-electron chi connectivity index (χ4n) is 3.12. The predicted octanol–water partition coefficient (Wildman–Crippen LogP) is 3.16. The van der Waals surface area contributed by atoms with Crippen LogP contribution in [0.15, 0.2) is 21.8 Å². The molecule has 8 heteroatoms. The highest BCUT2D eigenvalue weighted by atomic mass is 32.1. The van der Waals surface area contributed by atoms with Gasteiger partial charge in [-0.15, -0.1) is 0 Å². The second-order valence-electron chi connectivity index (χ2n) is 8.77. The fourth-order valence-corrected chi connectivity index (χ4v) is 3.91. The molecular formula is C21H36N4O3S. The van der Waals surface area contributed by atoms with Crippen molar-refractivity contribution in [3.8, 4) is 0 Å². The van der Waals surface area contributed by atoms with E-state index in [1.54, 1.807) is 23.2 Å². The minimum atomic E-state index is -0.985. The van der Waals surface area contributed by atoms with Gasteiger partial charge in [0.15, 0.2) is 5.96 Å². The number of aliphatic hydroxyl groups is 1. The van der Waals surface area contributed by atoms with E-state index >= 15 is 0 Å². The number of nitrogens with zero attached hydrogens (tertiary/aromatic N) is 2. The molecule has 1 atom stereocenters. The van der Waals surface area contributed by atoms with Crippen molar-refractivity contribution in [3.05, 3.63) is 22.4 Å². The summed E-state index contributed by atoms with van der Waals surface area (Å²) in [6.07, 6.45) is 1.63. The van der Waals surface area contributed by atoms with Gasteiger partial charge in [-0.05, 0) is 75.8 Å². The minimum absolute atomic E-state index is 0.227.